The number of halogens is 2. The molecular weight excluding hydrogens is 277 g/mol. The quantitative estimate of drug-likeness (QED) is 0.840. The Balaban J connectivity index is 1.83. The minimum absolute atomic E-state index is 0.149. The first-order chi connectivity index (χ1) is 9.65. The zero-order valence-electron chi connectivity index (χ0n) is 10.9. The first-order valence-corrected chi connectivity index (χ1v) is 6.79. The fourth-order valence-electron chi connectivity index (χ4n) is 1.88. The Kier molecular flexibility index (Phi) is 5.13. The number of benzene rings is 2. The molecule has 0 aliphatic rings. The number of amides is 1. The van der Waals surface area contributed by atoms with Crippen molar-refractivity contribution in [3.63, 3.8) is 0 Å². The van der Waals surface area contributed by atoms with Gasteiger partial charge in [0.05, 0.1) is 11.8 Å². The SMILES string of the molecule is O=C(Cc1cccc(F)c1)NCC(Cl)c1ccccc1. The van der Waals surface area contributed by atoms with Crippen LogP contribution in [0.3, 0.4) is 0 Å². The van der Waals surface area contributed by atoms with Crippen LogP contribution in [0.4, 0.5) is 4.39 Å². The van der Waals surface area contributed by atoms with Crippen LogP contribution >= 0.6 is 11.6 Å². The number of carbonyl (C=O) groups is 1. The van der Waals surface area contributed by atoms with E-state index in [1.165, 1.54) is 12.1 Å². The van der Waals surface area contributed by atoms with Crippen LogP contribution in [0.1, 0.15) is 16.5 Å². The molecule has 0 aliphatic carbocycles. The average molecular weight is 292 g/mol. The highest BCUT2D eigenvalue weighted by molar-refractivity contribution is 6.21. The number of hydrogen-bond acceptors (Lipinski definition) is 1. The molecule has 2 nitrogen and oxygen atoms in total. The van der Waals surface area contributed by atoms with Crippen molar-refractivity contribution in [3.8, 4) is 0 Å². The molecule has 1 amide bonds. The van der Waals surface area contributed by atoms with Crippen molar-refractivity contribution >= 4 is 17.5 Å². The van der Waals surface area contributed by atoms with Gasteiger partial charge in [0.1, 0.15) is 5.82 Å². The van der Waals surface area contributed by atoms with E-state index in [2.05, 4.69) is 5.32 Å². The van der Waals surface area contributed by atoms with Crippen LogP contribution in [-0.2, 0) is 11.2 Å². The lowest BCUT2D eigenvalue weighted by molar-refractivity contribution is -0.120. The van der Waals surface area contributed by atoms with Crippen LogP contribution in [0.2, 0.25) is 0 Å². The van der Waals surface area contributed by atoms with Crippen LogP contribution < -0.4 is 5.32 Å². The Morgan fingerprint density at radius 3 is 2.60 bits per heavy atom. The van der Waals surface area contributed by atoms with E-state index >= 15 is 0 Å². The van der Waals surface area contributed by atoms with Gasteiger partial charge in [-0.2, -0.15) is 0 Å². The molecule has 0 fully saturated rings. The van der Waals surface area contributed by atoms with Gasteiger partial charge in [0.2, 0.25) is 5.91 Å². The van der Waals surface area contributed by atoms with Crippen molar-refractivity contribution in [1.29, 1.82) is 0 Å². The van der Waals surface area contributed by atoms with Crippen molar-refractivity contribution in [3.05, 3.63) is 71.5 Å². The predicted molar refractivity (Wildman–Crippen MR) is 78.1 cm³/mol. The Bertz CT molecular complexity index is 574. The third-order valence-corrected chi connectivity index (χ3v) is 3.30. The number of alkyl halides is 1. The Hall–Kier alpha value is -1.87. The summed E-state index contributed by atoms with van der Waals surface area (Å²) < 4.78 is 13.0. The summed E-state index contributed by atoms with van der Waals surface area (Å²) in [5.41, 5.74) is 1.61. The van der Waals surface area contributed by atoms with E-state index in [1.54, 1.807) is 12.1 Å². The number of hydrogen-bond donors (Lipinski definition) is 1. The Morgan fingerprint density at radius 2 is 1.90 bits per heavy atom. The molecule has 0 bridgehead atoms. The van der Waals surface area contributed by atoms with Crippen LogP contribution in [0.5, 0.6) is 0 Å². The Morgan fingerprint density at radius 1 is 1.15 bits per heavy atom. The highest BCUT2D eigenvalue weighted by Crippen LogP contribution is 2.18. The highest BCUT2D eigenvalue weighted by atomic mass is 35.5. The largest absolute Gasteiger partial charge is 0.354 e. The van der Waals surface area contributed by atoms with Crippen LogP contribution in [0.15, 0.2) is 54.6 Å². The van der Waals surface area contributed by atoms with E-state index in [1.807, 2.05) is 30.3 Å². The fourth-order valence-corrected chi connectivity index (χ4v) is 2.10. The van der Waals surface area contributed by atoms with Crippen molar-refractivity contribution < 1.29 is 9.18 Å². The van der Waals surface area contributed by atoms with Gasteiger partial charge in [0.25, 0.3) is 0 Å². The van der Waals surface area contributed by atoms with Crippen LogP contribution in [-0.4, -0.2) is 12.5 Å². The molecule has 0 saturated heterocycles. The monoisotopic (exact) mass is 291 g/mol. The molecule has 1 N–H and O–H groups in total. The molecule has 0 radical (unpaired) electrons. The molecule has 20 heavy (non-hydrogen) atoms. The molecule has 0 aromatic heterocycles. The maximum Gasteiger partial charge on any atom is 0.224 e. The van der Waals surface area contributed by atoms with E-state index in [0.29, 0.717) is 12.1 Å². The summed E-state index contributed by atoms with van der Waals surface area (Å²) >= 11 is 6.20. The molecule has 0 heterocycles. The molecule has 0 saturated carbocycles. The van der Waals surface area contributed by atoms with E-state index in [0.717, 1.165) is 5.56 Å². The second-order valence-corrected chi connectivity index (χ2v) is 5.02. The zero-order chi connectivity index (χ0) is 14.4. The Labute approximate surface area is 122 Å². The second-order valence-electron chi connectivity index (χ2n) is 4.49. The van der Waals surface area contributed by atoms with Gasteiger partial charge in [-0.05, 0) is 23.3 Å². The number of nitrogens with one attached hydrogen (secondary N) is 1. The maximum absolute atomic E-state index is 13.0. The molecule has 4 heteroatoms. The number of rotatable bonds is 5. The molecule has 0 aliphatic heterocycles. The van der Waals surface area contributed by atoms with Gasteiger partial charge in [-0.1, -0.05) is 42.5 Å². The lowest BCUT2D eigenvalue weighted by Crippen LogP contribution is -2.28. The molecule has 1 atom stereocenters. The van der Waals surface area contributed by atoms with Crippen molar-refractivity contribution in [1.82, 2.24) is 5.32 Å². The summed E-state index contributed by atoms with van der Waals surface area (Å²) in [6.07, 6.45) is 0.149. The molecule has 2 aromatic carbocycles. The summed E-state index contributed by atoms with van der Waals surface area (Å²) in [6.45, 7) is 0.347. The van der Waals surface area contributed by atoms with Crippen molar-refractivity contribution in [2.24, 2.45) is 0 Å². The van der Waals surface area contributed by atoms with Gasteiger partial charge >= 0.3 is 0 Å². The van der Waals surface area contributed by atoms with Gasteiger partial charge in [0.15, 0.2) is 0 Å². The minimum atomic E-state index is -0.338. The third-order valence-electron chi connectivity index (χ3n) is 2.89. The second kappa shape index (κ2) is 7.06. The lowest BCUT2D eigenvalue weighted by atomic mass is 10.1. The predicted octanol–water partition coefficient (Wildman–Crippen LogP) is 3.46. The molecule has 2 aromatic rings. The van der Waals surface area contributed by atoms with Crippen molar-refractivity contribution in [2.45, 2.75) is 11.8 Å². The van der Waals surface area contributed by atoms with Crippen LogP contribution in [0.25, 0.3) is 0 Å². The summed E-state index contributed by atoms with van der Waals surface area (Å²) in [7, 11) is 0. The smallest absolute Gasteiger partial charge is 0.224 e. The number of carbonyl (C=O) groups excluding carboxylic acids is 1. The molecular formula is C16H15ClFNO. The zero-order valence-corrected chi connectivity index (χ0v) is 11.6. The topological polar surface area (TPSA) is 29.1 Å². The summed E-state index contributed by atoms with van der Waals surface area (Å²) in [5, 5.41) is 2.48. The molecule has 104 valence electrons. The van der Waals surface area contributed by atoms with Gasteiger partial charge in [0, 0.05) is 6.54 Å². The van der Waals surface area contributed by atoms with Gasteiger partial charge < -0.3 is 5.32 Å². The highest BCUT2D eigenvalue weighted by Gasteiger charge is 2.10. The first kappa shape index (κ1) is 14.5. The molecule has 2 rings (SSSR count). The maximum atomic E-state index is 13.0. The van der Waals surface area contributed by atoms with E-state index in [4.69, 9.17) is 11.6 Å². The summed E-state index contributed by atoms with van der Waals surface area (Å²) in [6, 6.07) is 15.6. The fraction of sp³-hybridized carbons (Fsp3) is 0.188. The molecule has 0 spiro atoms. The summed E-state index contributed by atoms with van der Waals surface area (Å²) in [5.74, 6) is -0.507. The lowest BCUT2D eigenvalue weighted by Gasteiger charge is -2.11. The average Bonchev–Trinajstić information content (AvgIpc) is 2.46. The normalized spacial score (nSPS) is 11.9. The van der Waals surface area contributed by atoms with E-state index in [-0.39, 0.29) is 23.5 Å². The third kappa shape index (κ3) is 4.35. The van der Waals surface area contributed by atoms with E-state index < -0.39 is 0 Å². The standard InChI is InChI=1S/C16H15ClFNO/c17-15(13-6-2-1-3-7-13)11-19-16(20)10-12-5-4-8-14(18)9-12/h1-9,15H,10-11H2,(H,19,20). The first-order valence-electron chi connectivity index (χ1n) is 6.35. The van der Waals surface area contributed by atoms with E-state index in [9.17, 15) is 9.18 Å². The minimum Gasteiger partial charge on any atom is -0.354 e. The van der Waals surface area contributed by atoms with Crippen LogP contribution in [0, 0.1) is 5.82 Å². The van der Waals surface area contributed by atoms with Crippen molar-refractivity contribution in [2.75, 3.05) is 6.54 Å². The molecule has 1 unspecified atom stereocenters. The van der Waals surface area contributed by atoms with Gasteiger partial charge in [-0.15, -0.1) is 11.6 Å². The van der Waals surface area contributed by atoms with Gasteiger partial charge in [-0.3, -0.25) is 4.79 Å². The van der Waals surface area contributed by atoms with Gasteiger partial charge in [-0.25, -0.2) is 4.39 Å². The summed E-state index contributed by atoms with van der Waals surface area (Å²) in [4.78, 5) is 11.8.